The smallest absolute Gasteiger partial charge is 0.161 e. The fourth-order valence-electron chi connectivity index (χ4n) is 5.18. The van der Waals surface area contributed by atoms with Crippen molar-refractivity contribution in [2.75, 3.05) is 12.0 Å². The molecular weight excluding hydrogens is 410 g/mol. The minimum Gasteiger partial charge on any atom is -0.497 e. The van der Waals surface area contributed by atoms with Crippen LogP contribution in [-0.4, -0.2) is 18.7 Å². The molecule has 31 heavy (non-hydrogen) atoms. The highest BCUT2D eigenvalue weighted by Gasteiger charge is 2.43. The Hall–Kier alpha value is -2.85. The van der Waals surface area contributed by atoms with Gasteiger partial charge in [0.15, 0.2) is 11.6 Å². The van der Waals surface area contributed by atoms with Gasteiger partial charge in [0.25, 0.3) is 0 Å². The van der Waals surface area contributed by atoms with Gasteiger partial charge in [0, 0.05) is 52.0 Å². The lowest BCUT2D eigenvalue weighted by Crippen LogP contribution is -2.39. The molecule has 0 aromatic heterocycles. The molecule has 5 heteroatoms. The standard InChI is InChI=1S/C26H24ClNO3/c1-31-19-13-11-16(12-14-19)24-25-20(7-3-9-22(25)29)28(18-6-2-5-17(27)15-18)21-8-4-10-23(30)26(21)24/h2,5-6,11-15,24H,3-4,7-10H2,1H3. The number of carbonyl (C=O) groups excluding carboxylic acids is 2. The van der Waals surface area contributed by atoms with Gasteiger partial charge in [0.2, 0.25) is 0 Å². The van der Waals surface area contributed by atoms with Crippen molar-refractivity contribution in [3.05, 3.63) is 81.7 Å². The van der Waals surface area contributed by atoms with E-state index in [2.05, 4.69) is 4.90 Å². The highest BCUT2D eigenvalue weighted by atomic mass is 35.5. The molecule has 0 radical (unpaired) electrons. The second-order valence-electron chi connectivity index (χ2n) is 8.30. The van der Waals surface area contributed by atoms with Crippen molar-refractivity contribution in [1.82, 2.24) is 0 Å². The summed E-state index contributed by atoms with van der Waals surface area (Å²) in [5.41, 5.74) is 5.47. The van der Waals surface area contributed by atoms with E-state index < -0.39 is 0 Å². The summed E-state index contributed by atoms with van der Waals surface area (Å²) in [4.78, 5) is 28.7. The van der Waals surface area contributed by atoms with Gasteiger partial charge < -0.3 is 9.64 Å². The lowest BCUT2D eigenvalue weighted by atomic mass is 9.71. The Morgan fingerprint density at radius 3 is 2.03 bits per heavy atom. The summed E-state index contributed by atoms with van der Waals surface area (Å²) < 4.78 is 5.32. The number of methoxy groups -OCH3 is 1. The lowest BCUT2D eigenvalue weighted by molar-refractivity contribution is -0.116. The molecule has 2 aromatic carbocycles. The minimum atomic E-state index is -0.313. The number of ketones is 2. The maximum Gasteiger partial charge on any atom is 0.161 e. The van der Waals surface area contributed by atoms with Crippen LogP contribution in [0, 0.1) is 0 Å². The maximum absolute atomic E-state index is 13.3. The Morgan fingerprint density at radius 1 is 0.871 bits per heavy atom. The molecule has 2 aromatic rings. The summed E-state index contributed by atoms with van der Waals surface area (Å²) in [6.45, 7) is 0. The fourth-order valence-corrected chi connectivity index (χ4v) is 5.36. The summed E-state index contributed by atoms with van der Waals surface area (Å²) in [6, 6.07) is 15.5. The highest BCUT2D eigenvalue weighted by molar-refractivity contribution is 6.30. The Morgan fingerprint density at radius 2 is 1.48 bits per heavy atom. The van der Waals surface area contributed by atoms with E-state index in [1.807, 2.05) is 48.5 Å². The van der Waals surface area contributed by atoms with Crippen LogP contribution in [0.5, 0.6) is 5.75 Å². The van der Waals surface area contributed by atoms with Gasteiger partial charge in [0.1, 0.15) is 5.75 Å². The number of hydrogen-bond donors (Lipinski definition) is 0. The van der Waals surface area contributed by atoms with Crippen LogP contribution in [0.2, 0.25) is 5.02 Å². The number of halogens is 1. The zero-order valence-corrected chi connectivity index (χ0v) is 18.2. The van der Waals surface area contributed by atoms with Gasteiger partial charge in [-0.05, 0) is 61.6 Å². The summed E-state index contributed by atoms with van der Waals surface area (Å²) in [6.07, 6.45) is 4.30. The van der Waals surface area contributed by atoms with Crippen LogP contribution in [0.3, 0.4) is 0 Å². The Kier molecular flexibility index (Phi) is 5.19. The number of anilines is 1. The van der Waals surface area contributed by atoms with Crippen molar-refractivity contribution in [2.45, 2.75) is 44.4 Å². The number of carbonyl (C=O) groups is 2. The molecule has 158 valence electrons. The molecular formula is C26H24ClNO3. The van der Waals surface area contributed by atoms with E-state index in [1.54, 1.807) is 7.11 Å². The van der Waals surface area contributed by atoms with E-state index >= 15 is 0 Å². The first-order valence-electron chi connectivity index (χ1n) is 10.8. The number of ether oxygens (including phenoxy) is 1. The van der Waals surface area contributed by atoms with Gasteiger partial charge in [-0.1, -0.05) is 29.8 Å². The summed E-state index contributed by atoms with van der Waals surface area (Å²) in [5.74, 6) is 0.721. The van der Waals surface area contributed by atoms with Crippen molar-refractivity contribution in [3.63, 3.8) is 0 Å². The molecule has 0 amide bonds. The van der Waals surface area contributed by atoms with Gasteiger partial charge >= 0.3 is 0 Å². The first kappa shape index (κ1) is 20.1. The maximum atomic E-state index is 13.3. The molecule has 3 aliphatic rings. The average Bonchev–Trinajstić information content (AvgIpc) is 2.78. The summed E-state index contributed by atoms with van der Waals surface area (Å²) in [7, 11) is 1.63. The van der Waals surface area contributed by atoms with Crippen LogP contribution in [0.25, 0.3) is 0 Å². The number of Topliss-reactive ketones (excluding diaryl/α,β-unsaturated/α-hetero) is 2. The van der Waals surface area contributed by atoms with E-state index in [1.165, 1.54) is 0 Å². The topological polar surface area (TPSA) is 46.6 Å². The van der Waals surface area contributed by atoms with Gasteiger partial charge in [-0.2, -0.15) is 0 Å². The monoisotopic (exact) mass is 433 g/mol. The van der Waals surface area contributed by atoms with E-state index in [4.69, 9.17) is 16.3 Å². The van der Waals surface area contributed by atoms with Crippen molar-refractivity contribution in [2.24, 2.45) is 0 Å². The largest absolute Gasteiger partial charge is 0.497 e. The van der Waals surface area contributed by atoms with Crippen molar-refractivity contribution >= 4 is 28.9 Å². The van der Waals surface area contributed by atoms with Gasteiger partial charge in [-0.25, -0.2) is 0 Å². The molecule has 0 N–H and O–H groups in total. The first-order chi connectivity index (χ1) is 15.1. The quantitative estimate of drug-likeness (QED) is 0.598. The first-order valence-corrected chi connectivity index (χ1v) is 11.2. The molecule has 1 aliphatic heterocycles. The number of nitrogens with zero attached hydrogens (tertiary/aromatic N) is 1. The SMILES string of the molecule is COc1ccc(C2C3=C(CCCC3=O)N(c3cccc(Cl)c3)C3=C2C(=O)CCC3)cc1. The van der Waals surface area contributed by atoms with Gasteiger partial charge in [-0.15, -0.1) is 0 Å². The molecule has 0 saturated heterocycles. The fraction of sp³-hybridized carbons (Fsp3) is 0.308. The molecule has 2 aliphatic carbocycles. The molecule has 0 bridgehead atoms. The third kappa shape index (κ3) is 3.39. The Labute approximate surface area is 187 Å². The normalized spacial score (nSPS) is 19.5. The lowest BCUT2D eigenvalue weighted by Gasteiger charge is -2.44. The van der Waals surface area contributed by atoms with E-state index in [0.29, 0.717) is 17.9 Å². The van der Waals surface area contributed by atoms with Crippen LogP contribution >= 0.6 is 11.6 Å². The van der Waals surface area contributed by atoms with Crippen molar-refractivity contribution < 1.29 is 14.3 Å². The Balaban J connectivity index is 1.76. The highest BCUT2D eigenvalue weighted by Crippen LogP contribution is 2.50. The van der Waals surface area contributed by atoms with Crippen molar-refractivity contribution in [1.29, 1.82) is 0 Å². The van der Waals surface area contributed by atoms with Crippen LogP contribution in [0.15, 0.2) is 71.1 Å². The van der Waals surface area contributed by atoms with Gasteiger partial charge in [0.05, 0.1) is 7.11 Å². The third-order valence-corrected chi connectivity index (χ3v) is 6.73. The predicted octanol–water partition coefficient (Wildman–Crippen LogP) is 5.97. The van der Waals surface area contributed by atoms with E-state index in [0.717, 1.165) is 65.2 Å². The molecule has 0 fully saturated rings. The zero-order valence-electron chi connectivity index (χ0n) is 17.5. The Bertz CT molecular complexity index is 1090. The van der Waals surface area contributed by atoms with Crippen LogP contribution in [0.4, 0.5) is 5.69 Å². The number of rotatable bonds is 3. The second kappa shape index (κ2) is 8.01. The van der Waals surface area contributed by atoms with Crippen LogP contribution < -0.4 is 9.64 Å². The summed E-state index contributed by atoms with van der Waals surface area (Å²) >= 11 is 6.32. The molecule has 0 spiro atoms. The average molecular weight is 434 g/mol. The van der Waals surface area contributed by atoms with E-state index in [9.17, 15) is 9.59 Å². The molecule has 4 nitrogen and oxygen atoms in total. The zero-order chi connectivity index (χ0) is 21.5. The number of hydrogen-bond acceptors (Lipinski definition) is 4. The van der Waals surface area contributed by atoms with E-state index in [-0.39, 0.29) is 17.5 Å². The molecule has 0 atom stereocenters. The van der Waals surface area contributed by atoms with Crippen molar-refractivity contribution in [3.8, 4) is 5.75 Å². The summed E-state index contributed by atoms with van der Waals surface area (Å²) in [5, 5.41) is 0.642. The molecule has 1 heterocycles. The third-order valence-electron chi connectivity index (χ3n) is 6.49. The molecule has 5 rings (SSSR count). The van der Waals surface area contributed by atoms with Crippen LogP contribution in [0.1, 0.15) is 50.0 Å². The molecule has 0 saturated carbocycles. The van der Waals surface area contributed by atoms with Crippen LogP contribution in [-0.2, 0) is 9.59 Å². The second-order valence-corrected chi connectivity index (χ2v) is 8.73. The predicted molar refractivity (Wildman–Crippen MR) is 121 cm³/mol. The molecule has 0 unspecified atom stereocenters. The number of benzene rings is 2. The minimum absolute atomic E-state index is 0.138. The number of allylic oxidation sites excluding steroid dienone is 4. The van der Waals surface area contributed by atoms with Gasteiger partial charge in [-0.3, -0.25) is 9.59 Å².